The van der Waals surface area contributed by atoms with Gasteiger partial charge in [-0.25, -0.2) is 10.2 Å². The SMILES string of the molecule is NP(N)(=O)NCCC(=O)CNP(N)(N)=O. The highest BCUT2D eigenvalue weighted by molar-refractivity contribution is 7.57. The molecule has 0 bridgehead atoms. The van der Waals surface area contributed by atoms with E-state index in [1.54, 1.807) is 0 Å². The number of nitrogens with one attached hydrogen (secondary N) is 2. The van der Waals surface area contributed by atoms with Gasteiger partial charge in [-0.2, -0.15) is 0 Å². The highest BCUT2D eigenvalue weighted by Crippen LogP contribution is 2.17. The first-order chi connectivity index (χ1) is 6.60. The molecule has 0 rings (SSSR count). The zero-order chi connectivity index (χ0) is 12.1. The monoisotopic (exact) mass is 258 g/mol. The van der Waals surface area contributed by atoms with Crippen molar-refractivity contribution in [2.75, 3.05) is 13.1 Å². The van der Waals surface area contributed by atoms with Gasteiger partial charge in [-0.3, -0.25) is 35.9 Å². The van der Waals surface area contributed by atoms with E-state index in [0.717, 1.165) is 0 Å². The van der Waals surface area contributed by atoms with Crippen molar-refractivity contribution in [1.29, 1.82) is 0 Å². The van der Waals surface area contributed by atoms with Crippen molar-refractivity contribution in [2.24, 2.45) is 22.0 Å². The number of nitrogens with two attached hydrogens (primary N) is 4. The third-order valence-electron chi connectivity index (χ3n) is 1.29. The summed E-state index contributed by atoms with van der Waals surface area (Å²) in [5.74, 6) is -0.299. The number of rotatable bonds is 7. The summed E-state index contributed by atoms with van der Waals surface area (Å²) in [5, 5.41) is 4.45. The molecule has 0 aromatic rings. The summed E-state index contributed by atoms with van der Waals surface area (Å²) in [4.78, 5) is 11.1. The van der Waals surface area contributed by atoms with Crippen molar-refractivity contribution in [3.8, 4) is 0 Å². The van der Waals surface area contributed by atoms with Crippen LogP contribution in [0.5, 0.6) is 0 Å². The molecule has 0 aliphatic carbocycles. The maximum Gasteiger partial charge on any atom is 0.274 e. The van der Waals surface area contributed by atoms with Crippen LogP contribution >= 0.6 is 15.2 Å². The largest absolute Gasteiger partial charge is 0.298 e. The van der Waals surface area contributed by atoms with E-state index in [-0.39, 0.29) is 25.3 Å². The molecule has 0 amide bonds. The number of ketones is 1. The Morgan fingerprint density at radius 2 is 1.47 bits per heavy atom. The van der Waals surface area contributed by atoms with Crippen LogP contribution in [-0.2, 0) is 13.9 Å². The lowest BCUT2D eigenvalue weighted by atomic mass is 10.3. The summed E-state index contributed by atoms with van der Waals surface area (Å²) in [6, 6.07) is 0. The first-order valence-corrected chi connectivity index (χ1v) is 7.65. The van der Waals surface area contributed by atoms with Gasteiger partial charge >= 0.3 is 0 Å². The Hall–Kier alpha value is -0.110. The van der Waals surface area contributed by atoms with Crippen molar-refractivity contribution in [1.82, 2.24) is 10.2 Å². The maximum atomic E-state index is 11.1. The van der Waals surface area contributed by atoms with Gasteiger partial charge in [0.05, 0.1) is 6.54 Å². The lowest BCUT2D eigenvalue weighted by Gasteiger charge is -2.09. The van der Waals surface area contributed by atoms with Crippen LogP contribution in [0.2, 0.25) is 0 Å². The molecule has 15 heavy (non-hydrogen) atoms. The molecular weight excluding hydrogens is 242 g/mol. The van der Waals surface area contributed by atoms with Crippen LogP contribution in [-0.4, -0.2) is 18.9 Å². The fourth-order valence-electron chi connectivity index (χ4n) is 0.670. The molecule has 0 fully saturated rings. The van der Waals surface area contributed by atoms with E-state index < -0.39 is 15.2 Å². The fraction of sp³-hybridized carbons (Fsp3) is 0.750. The van der Waals surface area contributed by atoms with Crippen LogP contribution in [0.1, 0.15) is 6.42 Å². The standard InChI is InChI=1S/C4H16N6O3P2/c5-14(6,12)9-2-1-4(11)3-10-15(7,8)13/h1-3H2,(H5,5,6,9,12)(H5,7,8,10,13). The Morgan fingerprint density at radius 3 is 1.87 bits per heavy atom. The summed E-state index contributed by atoms with van der Waals surface area (Å²) in [6.45, 7) is -0.143. The van der Waals surface area contributed by atoms with Crippen molar-refractivity contribution < 1.29 is 13.9 Å². The minimum atomic E-state index is -3.38. The van der Waals surface area contributed by atoms with Crippen molar-refractivity contribution >= 4 is 21.0 Å². The van der Waals surface area contributed by atoms with E-state index in [1.807, 2.05) is 0 Å². The van der Waals surface area contributed by atoms with Crippen LogP contribution in [0, 0.1) is 0 Å². The highest BCUT2D eigenvalue weighted by atomic mass is 31.2. The smallest absolute Gasteiger partial charge is 0.274 e. The van der Waals surface area contributed by atoms with E-state index >= 15 is 0 Å². The molecule has 0 saturated heterocycles. The average molecular weight is 258 g/mol. The molecule has 0 aromatic carbocycles. The second-order valence-corrected chi connectivity index (χ2v) is 6.42. The second-order valence-electron chi connectivity index (χ2n) is 2.95. The molecule has 0 atom stereocenters. The fourth-order valence-corrected chi connectivity index (χ4v) is 1.55. The van der Waals surface area contributed by atoms with E-state index in [9.17, 15) is 13.9 Å². The molecule has 0 aromatic heterocycles. The summed E-state index contributed by atoms with van der Waals surface area (Å²) in [5.41, 5.74) is 19.9. The number of hydrogen-bond donors (Lipinski definition) is 6. The molecule has 90 valence electrons. The molecule has 0 spiro atoms. The first kappa shape index (κ1) is 14.9. The van der Waals surface area contributed by atoms with E-state index in [1.165, 1.54) is 0 Å². The van der Waals surface area contributed by atoms with Crippen molar-refractivity contribution in [3.05, 3.63) is 0 Å². The van der Waals surface area contributed by atoms with E-state index in [2.05, 4.69) is 10.2 Å². The van der Waals surface area contributed by atoms with Gasteiger partial charge in [0.1, 0.15) is 5.78 Å². The number of carbonyl (C=O) groups excluding carboxylic acids is 1. The van der Waals surface area contributed by atoms with Gasteiger partial charge in [0.2, 0.25) is 0 Å². The predicted molar refractivity (Wildman–Crippen MR) is 57.6 cm³/mol. The number of hydrogen-bond acceptors (Lipinski definition) is 3. The van der Waals surface area contributed by atoms with Crippen molar-refractivity contribution in [3.63, 3.8) is 0 Å². The molecule has 0 heterocycles. The van der Waals surface area contributed by atoms with Crippen LogP contribution < -0.4 is 32.2 Å². The Kier molecular flexibility index (Phi) is 5.79. The molecule has 11 heteroatoms. The Bertz CT molecular complexity index is 307. The quantitative estimate of drug-likeness (QED) is 0.286. The Morgan fingerprint density at radius 1 is 1.00 bits per heavy atom. The molecule has 0 aliphatic heterocycles. The van der Waals surface area contributed by atoms with Crippen LogP contribution in [0.3, 0.4) is 0 Å². The molecule has 0 saturated carbocycles. The third kappa shape index (κ3) is 11.8. The topological polar surface area (TPSA) is 179 Å². The van der Waals surface area contributed by atoms with Crippen LogP contribution in [0.25, 0.3) is 0 Å². The normalized spacial score (nSPS) is 12.8. The predicted octanol–water partition coefficient (Wildman–Crippen LogP) is -1.82. The first-order valence-electron chi connectivity index (χ1n) is 3.96. The summed E-state index contributed by atoms with van der Waals surface area (Å²) in [7, 11) is -6.68. The lowest BCUT2D eigenvalue weighted by molar-refractivity contribution is -0.117. The van der Waals surface area contributed by atoms with Gasteiger partial charge in [-0.15, -0.1) is 0 Å². The average Bonchev–Trinajstić information content (AvgIpc) is 1.97. The molecule has 0 radical (unpaired) electrons. The molecule has 9 nitrogen and oxygen atoms in total. The van der Waals surface area contributed by atoms with Crippen LogP contribution in [0.4, 0.5) is 0 Å². The van der Waals surface area contributed by atoms with Gasteiger partial charge in [0, 0.05) is 13.0 Å². The molecule has 10 N–H and O–H groups in total. The van der Waals surface area contributed by atoms with Gasteiger partial charge < -0.3 is 0 Å². The Balaban J connectivity index is 3.69. The van der Waals surface area contributed by atoms with Crippen molar-refractivity contribution in [2.45, 2.75) is 6.42 Å². The van der Waals surface area contributed by atoms with Crippen LogP contribution in [0.15, 0.2) is 0 Å². The summed E-state index contributed by atoms with van der Waals surface area (Å²) in [6.07, 6.45) is 0.0331. The van der Waals surface area contributed by atoms with Gasteiger partial charge in [0.15, 0.2) is 0 Å². The highest BCUT2D eigenvalue weighted by Gasteiger charge is 2.11. The molecule has 0 aliphatic rings. The summed E-state index contributed by atoms with van der Waals surface area (Å²) >= 11 is 0. The minimum absolute atomic E-state index is 0.0331. The third-order valence-corrected chi connectivity index (χ3v) is 2.66. The zero-order valence-electron chi connectivity index (χ0n) is 8.05. The van der Waals surface area contributed by atoms with E-state index in [0.29, 0.717) is 0 Å². The number of carbonyl (C=O) groups is 1. The maximum absolute atomic E-state index is 11.1. The Labute approximate surface area is 87.4 Å². The lowest BCUT2D eigenvalue weighted by Crippen LogP contribution is -2.30. The van der Waals surface area contributed by atoms with Gasteiger partial charge in [0.25, 0.3) is 15.2 Å². The van der Waals surface area contributed by atoms with Gasteiger partial charge in [-0.1, -0.05) is 0 Å². The summed E-state index contributed by atoms with van der Waals surface area (Å²) < 4.78 is 21.5. The van der Waals surface area contributed by atoms with Gasteiger partial charge in [-0.05, 0) is 0 Å². The molecular formula is C4H16N6O3P2. The number of Topliss-reactive ketones (excluding diaryl/α,β-unsaturated/α-hetero) is 1. The minimum Gasteiger partial charge on any atom is -0.298 e. The van der Waals surface area contributed by atoms with E-state index in [4.69, 9.17) is 22.0 Å². The zero-order valence-corrected chi connectivity index (χ0v) is 9.84. The molecule has 0 unspecified atom stereocenters. The second kappa shape index (κ2) is 5.83.